The topological polar surface area (TPSA) is 69.6 Å². The van der Waals surface area contributed by atoms with Crippen LogP contribution in [0.25, 0.3) is 0 Å². The molecule has 5 nitrogen and oxygen atoms in total. The Morgan fingerprint density at radius 3 is 2.68 bits per heavy atom. The summed E-state index contributed by atoms with van der Waals surface area (Å²) >= 11 is 0. The van der Waals surface area contributed by atoms with Crippen molar-refractivity contribution in [2.24, 2.45) is 0 Å². The molecule has 1 saturated heterocycles. The molecule has 1 aromatic rings. The molecule has 0 bridgehead atoms. The number of phenolic OH excluding ortho intramolecular Hbond substituents is 1. The second-order valence-corrected chi connectivity index (χ2v) is 5.16. The molecule has 1 unspecified atom stereocenters. The summed E-state index contributed by atoms with van der Waals surface area (Å²) in [5.41, 5.74) is 0.874. The van der Waals surface area contributed by atoms with Crippen molar-refractivity contribution in [2.75, 3.05) is 11.9 Å². The molecule has 1 aromatic carbocycles. The molecule has 0 radical (unpaired) electrons. The van der Waals surface area contributed by atoms with E-state index >= 15 is 0 Å². The van der Waals surface area contributed by atoms with Crippen molar-refractivity contribution >= 4 is 17.5 Å². The van der Waals surface area contributed by atoms with E-state index in [9.17, 15) is 27.9 Å². The van der Waals surface area contributed by atoms with E-state index in [0.717, 1.165) is 5.56 Å². The Balaban J connectivity index is 2.15. The van der Waals surface area contributed by atoms with Gasteiger partial charge in [0.25, 0.3) is 0 Å². The lowest BCUT2D eigenvalue weighted by Gasteiger charge is -2.24. The predicted octanol–water partition coefficient (Wildman–Crippen LogP) is 2.19. The minimum Gasteiger partial charge on any atom is -0.506 e. The summed E-state index contributed by atoms with van der Waals surface area (Å²) in [7, 11) is 0. The molecule has 1 fully saturated rings. The number of benzene rings is 1. The highest BCUT2D eigenvalue weighted by molar-refractivity contribution is 5.99. The number of aryl methyl sites for hydroxylation is 1. The molecule has 1 atom stereocenters. The quantitative estimate of drug-likeness (QED) is 0.822. The standard InChI is InChI=1S/C14H15F3N2O3/c1-8-4-5-11(20)9(7-8)18-12(21)10-3-2-6-19(10)13(22)14(15,16)17/h4-5,7,10,20H,2-3,6H2,1H3,(H,18,21). The predicted molar refractivity (Wildman–Crippen MR) is 72.3 cm³/mol. The number of carbonyl (C=O) groups is 2. The summed E-state index contributed by atoms with van der Waals surface area (Å²) in [5, 5.41) is 12.0. The second-order valence-electron chi connectivity index (χ2n) is 5.16. The van der Waals surface area contributed by atoms with Gasteiger partial charge in [-0.15, -0.1) is 0 Å². The van der Waals surface area contributed by atoms with Crippen LogP contribution in [-0.2, 0) is 9.59 Å². The Labute approximate surface area is 124 Å². The highest BCUT2D eigenvalue weighted by Gasteiger charge is 2.47. The number of amides is 2. The highest BCUT2D eigenvalue weighted by Crippen LogP contribution is 2.28. The zero-order valence-corrected chi connectivity index (χ0v) is 11.8. The van der Waals surface area contributed by atoms with Crippen LogP contribution in [0.4, 0.5) is 18.9 Å². The minimum absolute atomic E-state index is 0.108. The molecular weight excluding hydrogens is 301 g/mol. The van der Waals surface area contributed by atoms with Crippen molar-refractivity contribution in [1.29, 1.82) is 0 Å². The van der Waals surface area contributed by atoms with Crippen LogP contribution in [-0.4, -0.2) is 40.6 Å². The maximum Gasteiger partial charge on any atom is 0.471 e. The summed E-state index contributed by atoms with van der Waals surface area (Å²) < 4.78 is 37.6. The number of likely N-dealkylation sites (tertiary alicyclic amines) is 1. The van der Waals surface area contributed by atoms with Gasteiger partial charge in [0.15, 0.2) is 0 Å². The molecule has 1 aliphatic heterocycles. The maximum atomic E-state index is 12.5. The van der Waals surface area contributed by atoms with E-state index in [1.807, 2.05) is 0 Å². The number of carbonyl (C=O) groups excluding carboxylic acids is 2. The van der Waals surface area contributed by atoms with Gasteiger partial charge >= 0.3 is 12.1 Å². The first-order chi connectivity index (χ1) is 10.2. The van der Waals surface area contributed by atoms with Crippen LogP contribution in [0.1, 0.15) is 18.4 Å². The first kappa shape index (κ1) is 16.1. The molecule has 2 amide bonds. The molecule has 0 aromatic heterocycles. The van der Waals surface area contributed by atoms with Gasteiger partial charge in [-0.25, -0.2) is 0 Å². The fraction of sp³-hybridized carbons (Fsp3) is 0.429. The molecule has 0 aliphatic carbocycles. The van der Waals surface area contributed by atoms with Crippen LogP contribution in [0.3, 0.4) is 0 Å². The number of rotatable bonds is 2. The Kier molecular flexibility index (Phi) is 4.30. The monoisotopic (exact) mass is 316 g/mol. The van der Waals surface area contributed by atoms with Gasteiger partial charge < -0.3 is 15.3 Å². The Bertz CT molecular complexity index is 601. The zero-order valence-electron chi connectivity index (χ0n) is 11.8. The summed E-state index contributed by atoms with van der Waals surface area (Å²) in [6.07, 6.45) is -4.53. The third-order valence-corrected chi connectivity index (χ3v) is 3.47. The van der Waals surface area contributed by atoms with Gasteiger partial charge in [0, 0.05) is 6.54 Å². The van der Waals surface area contributed by atoms with E-state index in [0.29, 0.717) is 11.3 Å². The van der Waals surface area contributed by atoms with E-state index < -0.39 is 24.0 Å². The number of hydrogen-bond acceptors (Lipinski definition) is 3. The molecular formula is C14H15F3N2O3. The van der Waals surface area contributed by atoms with Crippen molar-refractivity contribution in [3.63, 3.8) is 0 Å². The molecule has 2 rings (SSSR count). The third-order valence-electron chi connectivity index (χ3n) is 3.47. The van der Waals surface area contributed by atoms with Gasteiger partial charge in [-0.05, 0) is 37.5 Å². The first-order valence-electron chi connectivity index (χ1n) is 6.68. The lowest BCUT2D eigenvalue weighted by Crippen LogP contribution is -2.48. The van der Waals surface area contributed by atoms with Crippen molar-refractivity contribution in [3.8, 4) is 5.75 Å². The first-order valence-corrected chi connectivity index (χ1v) is 6.68. The minimum atomic E-state index is -5.01. The van der Waals surface area contributed by atoms with Crippen molar-refractivity contribution in [3.05, 3.63) is 23.8 Å². The molecule has 22 heavy (non-hydrogen) atoms. The molecule has 8 heteroatoms. The van der Waals surface area contributed by atoms with Gasteiger partial charge in [-0.3, -0.25) is 9.59 Å². The maximum absolute atomic E-state index is 12.5. The lowest BCUT2D eigenvalue weighted by molar-refractivity contribution is -0.186. The SMILES string of the molecule is Cc1ccc(O)c(NC(=O)C2CCCN2C(=O)C(F)(F)F)c1. The van der Waals surface area contributed by atoms with Crippen LogP contribution < -0.4 is 5.32 Å². The van der Waals surface area contributed by atoms with E-state index in [2.05, 4.69) is 5.32 Å². The molecule has 1 aliphatic rings. The summed E-state index contributed by atoms with van der Waals surface area (Å²) in [6.45, 7) is 1.63. The molecule has 120 valence electrons. The summed E-state index contributed by atoms with van der Waals surface area (Å²) in [5.74, 6) is -2.94. The highest BCUT2D eigenvalue weighted by atomic mass is 19.4. The van der Waals surface area contributed by atoms with Crippen LogP contribution in [0.2, 0.25) is 0 Å². The number of alkyl halides is 3. The van der Waals surface area contributed by atoms with Gasteiger partial charge in [0.05, 0.1) is 5.69 Å². The van der Waals surface area contributed by atoms with Gasteiger partial charge in [0.2, 0.25) is 5.91 Å². The smallest absolute Gasteiger partial charge is 0.471 e. The van der Waals surface area contributed by atoms with Crippen LogP contribution in [0.15, 0.2) is 18.2 Å². The number of anilines is 1. The van der Waals surface area contributed by atoms with Gasteiger partial charge in [0.1, 0.15) is 11.8 Å². The van der Waals surface area contributed by atoms with Gasteiger partial charge in [-0.1, -0.05) is 6.07 Å². The fourth-order valence-electron chi connectivity index (χ4n) is 2.41. The molecule has 1 heterocycles. The second kappa shape index (κ2) is 5.86. The molecule has 2 N–H and O–H groups in total. The number of hydrogen-bond donors (Lipinski definition) is 2. The third kappa shape index (κ3) is 3.32. The number of halogens is 3. The number of nitrogens with one attached hydrogen (secondary N) is 1. The van der Waals surface area contributed by atoms with Crippen molar-refractivity contribution < 1.29 is 27.9 Å². The van der Waals surface area contributed by atoms with Crippen molar-refractivity contribution in [1.82, 2.24) is 4.90 Å². The fourth-order valence-corrected chi connectivity index (χ4v) is 2.41. The largest absolute Gasteiger partial charge is 0.506 e. The van der Waals surface area contributed by atoms with E-state index in [1.165, 1.54) is 12.1 Å². The normalized spacial score (nSPS) is 18.4. The van der Waals surface area contributed by atoms with Crippen LogP contribution >= 0.6 is 0 Å². The average Bonchev–Trinajstić information content (AvgIpc) is 2.90. The zero-order chi connectivity index (χ0) is 16.5. The van der Waals surface area contributed by atoms with Crippen LogP contribution in [0.5, 0.6) is 5.75 Å². The average molecular weight is 316 g/mol. The molecule has 0 saturated carbocycles. The van der Waals surface area contributed by atoms with Gasteiger partial charge in [-0.2, -0.15) is 13.2 Å². The van der Waals surface area contributed by atoms with E-state index in [1.54, 1.807) is 13.0 Å². The number of nitrogens with zero attached hydrogens (tertiary/aromatic N) is 1. The number of phenols is 1. The van der Waals surface area contributed by atoms with E-state index in [-0.39, 0.29) is 24.4 Å². The van der Waals surface area contributed by atoms with E-state index in [4.69, 9.17) is 0 Å². The Morgan fingerprint density at radius 1 is 1.36 bits per heavy atom. The Morgan fingerprint density at radius 2 is 2.05 bits per heavy atom. The lowest BCUT2D eigenvalue weighted by atomic mass is 10.1. The van der Waals surface area contributed by atoms with Crippen LogP contribution in [0, 0.1) is 6.92 Å². The Hall–Kier alpha value is -2.25. The molecule has 0 spiro atoms. The number of aromatic hydroxyl groups is 1. The summed E-state index contributed by atoms with van der Waals surface area (Å²) in [4.78, 5) is 24.0. The van der Waals surface area contributed by atoms with Crippen molar-refractivity contribution in [2.45, 2.75) is 32.0 Å². The summed E-state index contributed by atoms with van der Waals surface area (Å²) in [6, 6.07) is 3.31.